The molecule has 0 unspecified atom stereocenters. The summed E-state index contributed by atoms with van der Waals surface area (Å²) in [6.07, 6.45) is 1.01. The average Bonchev–Trinajstić information content (AvgIpc) is 3.05. The molecule has 2 heterocycles. The van der Waals surface area contributed by atoms with Gasteiger partial charge in [-0.3, -0.25) is 4.90 Å². The summed E-state index contributed by atoms with van der Waals surface area (Å²) in [5, 5.41) is 12.3. The second-order valence-electron chi connectivity index (χ2n) is 6.77. The molecule has 0 atom stereocenters. The summed E-state index contributed by atoms with van der Waals surface area (Å²) in [4.78, 5) is 4.88. The molecule has 3 rings (SSSR count). The van der Waals surface area contributed by atoms with Crippen molar-refractivity contribution in [1.82, 2.24) is 25.1 Å². The third kappa shape index (κ3) is 3.52. The number of rotatable bonds is 5. The fourth-order valence-electron chi connectivity index (χ4n) is 2.93. The van der Waals surface area contributed by atoms with E-state index in [0.29, 0.717) is 0 Å². The van der Waals surface area contributed by atoms with E-state index in [-0.39, 0.29) is 5.54 Å². The van der Waals surface area contributed by atoms with Crippen LogP contribution in [0.4, 0.5) is 5.69 Å². The lowest BCUT2D eigenvalue weighted by molar-refractivity contribution is 0.221. The topological polar surface area (TPSA) is 50.1 Å². The third-order valence-electron chi connectivity index (χ3n) is 4.83. The fraction of sp³-hybridized carbons (Fsp3) is 0.588. The highest BCUT2D eigenvalue weighted by Crippen LogP contribution is 2.20. The summed E-state index contributed by atoms with van der Waals surface area (Å²) >= 11 is 0. The van der Waals surface area contributed by atoms with Crippen LogP contribution in [0.3, 0.4) is 0 Å². The Hall–Kier alpha value is -1.95. The van der Waals surface area contributed by atoms with E-state index in [0.717, 1.165) is 45.0 Å². The van der Waals surface area contributed by atoms with Gasteiger partial charge in [0.1, 0.15) is 0 Å². The van der Waals surface area contributed by atoms with Gasteiger partial charge in [-0.15, -0.1) is 5.10 Å². The van der Waals surface area contributed by atoms with Crippen molar-refractivity contribution in [2.45, 2.75) is 39.3 Å². The maximum absolute atomic E-state index is 4.25. The van der Waals surface area contributed by atoms with Gasteiger partial charge in [-0.2, -0.15) is 0 Å². The molecule has 1 aliphatic heterocycles. The first-order valence-electron chi connectivity index (χ1n) is 8.40. The van der Waals surface area contributed by atoms with E-state index >= 15 is 0 Å². The van der Waals surface area contributed by atoms with Crippen LogP contribution in [-0.2, 0) is 12.1 Å². The summed E-state index contributed by atoms with van der Waals surface area (Å²) in [7, 11) is 0. The molecule has 1 aromatic heterocycles. The van der Waals surface area contributed by atoms with Gasteiger partial charge in [0, 0.05) is 31.9 Å². The molecule has 0 aliphatic carbocycles. The maximum Gasteiger partial charge on any atom is 0.165 e. The van der Waals surface area contributed by atoms with Crippen LogP contribution in [0.15, 0.2) is 30.3 Å². The molecule has 0 bridgehead atoms. The first-order valence-corrected chi connectivity index (χ1v) is 8.40. The van der Waals surface area contributed by atoms with Crippen molar-refractivity contribution >= 4 is 5.69 Å². The summed E-state index contributed by atoms with van der Waals surface area (Å²) < 4.78 is 1.98. The highest BCUT2D eigenvalue weighted by molar-refractivity contribution is 5.46. The van der Waals surface area contributed by atoms with Gasteiger partial charge in [-0.05, 0) is 42.8 Å². The molecule has 23 heavy (non-hydrogen) atoms. The molecule has 0 radical (unpaired) electrons. The first kappa shape index (κ1) is 15.9. The van der Waals surface area contributed by atoms with Crippen LogP contribution in [0.5, 0.6) is 0 Å². The Morgan fingerprint density at radius 2 is 1.74 bits per heavy atom. The van der Waals surface area contributed by atoms with E-state index in [4.69, 9.17) is 0 Å². The number of nitrogens with zero attached hydrogens (tertiary/aromatic N) is 6. The maximum atomic E-state index is 4.25. The Labute approximate surface area is 138 Å². The highest BCUT2D eigenvalue weighted by atomic mass is 15.6. The minimum atomic E-state index is -0.0370. The predicted octanol–water partition coefficient (Wildman–Crippen LogP) is 2.14. The van der Waals surface area contributed by atoms with E-state index < -0.39 is 0 Å². The lowest BCUT2D eigenvalue weighted by Crippen LogP contribution is -2.46. The molecule has 1 aromatic carbocycles. The van der Waals surface area contributed by atoms with E-state index in [9.17, 15) is 0 Å². The van der Waals surface area contributed by atoms with Gasteiger partial charge in [0.2, 0.25) is 0 Å². The van der Waals surface area contributed by atoms with Gasteiger partial charge in [0.15, 0.2) is 5.82 Å². The second kappa shape index (κ2) is 6.66. The zero-order valence-electron chi connectivity index (χ0n) is 14.3. The Morgan fingerprint density at radius 1 is 1.04 bits per heavy atom. The van der Waals surface area contributed by atoms with E-state index in [1.807, 2.05) is 4.68 Å². The van der Waals surface area contributed by atoms with Crippen LogP contribution in [0.2, 0.25) is 0 Å². The van der Waals surface area contributed by atoms with Crippen LogP contribution in [-0.4, -0.2) is 51.3 Å². The van der Waals surface area contributed by atoms with Crippen molar-refractivity contribution in [3.05, 3.63) is 36.2 Å². The van der Waals surface area contributed by atoms with Crippen molar-refractivity contribution < 1.29 is 0 Å². The van der Waals surface area contributed by atoms with Gasteiger partial charge >= 0.3 is 0 Å². The van der Waals surface area contributed by atoms with Crippen LogP contribution in [0.1, 0.15) is 33.0 Å². The molecule has 124 valence electrons. The molecule has 1 aliphatic rings. The zero-order chi connectivity index (χ0) is 16.3. The van der Waals surface area contributed by atoms with Crippen molar-refractivity contribution in [3.63, 3.8) is 0 Å². The molecular weight excluding hydrogens is 288 g/mol. The smallest absolute Gasteiger partial charge is 0.165 e. The Bertz CT molecular complexity index is 613. The molecular formula is C17H26N6. The van der Waals surface area contributed by atoms with Crippen LogP contribution >= 0.6 is 0 Å². The zero-order valence-corrected chi connectivity index (χ0v) is 14.3. The van der Waals surface area contributed by atoms with E-state index in [1.54, 1.807) is 0 Å². The van der Waals surface area contributed by atoms with Gasteiger partial charge in [0.25, 0.3) is 0 Å². The largest absolute Gasteiger partial charge is 0.369 e. The molecule has 6 nitrogen and oxygen atoms in total. The summed E-state index contributed by atoms with van der Waals surface area (Å²) in [6, 6.07) is 10.6. The number of aromatic nitrogens is 4. The van der Waals surface area contributed by atoms with Crippen LogP contribution in [0, 0.1) is 0 Å². The second-order valence-corrected chi connectivity index (χ2v) is 6.77. The van der Waals surface area contributed by atoms with Gasteiger partial charge < -0.3 is 4.90 Å². The van der Waals surface area contributed by atoms with Crippen LogP contribution < -0.4 is 4.90 Å². The van der Waals surface area contributed by atoms with Crippen molar-refractivity contribution in [1.29, 1.82) is 0 Å². The van der Waals surface area contributed by atoms with Crippen LogP contribution in [0.25, 0.3) is 0 Å². The Morgan fingerprint density at radius 3 is 2.39 bits per heavy atom. The normalized spacial score (nSPS) is 16.7. The number of hydrogen-bond acceptors (Lipinski definition) is 5. The van der Waals surface area contributed by atoms with E-state index in [1.165, 1.54) is 5.69 Å². The molecule has 0 spiro atoms. The van der Waals surface area contributed by atoms with Gasteiger partial charge in [-0.1, -0.05) is 25.1 Å². The molecule has 1 saturated heterocycles. The molecule has 1 fully saturated rings. The number of para-hydroxylation sites is 1. The number of piperazine rings is 1. The van der Waals surface area contributed by atoms with Crippen molar-refractivity contribution in [3.8, 4) is 0 Å². The predicted molar refractivity (Wildman–Crippen MR) is 91.4 cm³/mol. The molecule has 0 amide bonds. The third-order valence-corrected chi connectivity index (χ3v) is 4.83. The SMILES string of the molecule is CCC(C)(C)n1nnnc1CN1CCN(c2ccccc2)CC1. The standard InChI is InChI=1S/C17H26N6/c1-4-17(2,3)23-16(18-19-20-23)14-21-10-12-22(13-11-21)15-8-6-5-7-9-15/h5-9H,4,10-14H2,1-3H3. The summed E-state index contributed by atoms with van der Waals surface area (Å²) in [6.45, 7) is 11.5. The monoisotopic (exact) mass is 314 g/mol. The quantitative estimate of drug-likeness (QED) is 0.846. The average molecular weight is 314 g/mol. The first-order chi connectivity index (χ1) is 11.1. The lowest BCUT2D eigenvalue weighted by Gasteiger charge is -2.36. The van der Waals surface area contributed by atoms with E-state index in [2.05, 4.69) is 76.4 Å². The minimum absolute atomic E-state index is 0.0370. The highest BCUT2D eigenvalue weighted by Gasteiger charge is 2.25. The molecule has 0 N–H and O–H groups in total. The lowest BCUT2D eigenvalue weighted by atomic mass is 10.0. The number of benzene rings is 1. The summed E-state index contributed by atoms with van der Waals surface area (Å²) in [5.74, 6) is 0.963. The fourth-order valence-corrected chi connectivity index (χ4v) is 2.93. The summed E-state index contributed by atoms with van der Waals surface area (Å²) in [5.41, 5.74) is 1.27. The molecule has 0 saturated carbocycles. The Kier molecular flexibility index (Phi) is 4.61. The minimum Gasteiger partial charge on any atom is -0.369 e. The molecule has 6 heteroatoms. The van der Waals surface area contributed by atoms with Crippen molar-refractivity contribution in [2.24, 2.45) is 0 Å². The van der Waals surface area contributed by atoms with Crippen molar-refractivity contribution in [2.75, 3.05) is 31.1 Å². The van der Waals surface area contributed by atoms with Gasteiger partial charge in [-0.25, -0.2) is 4.68 Å². The number of tetrazole rings is 1. The Balaban J connectivity index is 1.61. The molecule has 2 aromatic rings. The number of hydrogen-bond donors (Lipinski definition) is 0. The van der Waals surface area contributed by atoms with Gasteiger partial charge in [0.05, 0.1) is 12.1 Å². The number of anilines is 1.